The van der Waals surface area contributed by atoms with E-state index in [1.807, 2.05) is 4.90 Å². The summed E-state index contributed by atoms with van der Waals surface area (Å²) in [6, 6.07) is 26.6. The van der Waals surface area contributed by atoms with Crippen LogP contribution in [-0.2, 0) is 5.41 Å². The number of benzene rings is 3. The largest absolute Gasteiger partial charge is 0.339 e. The number of carbonyl (C=O) groups is 1. The molecular weight excluding hydrogens is 563 g/mol. The minimum Gasteiger partial charge on any atom is -0.339 e. The third-order valence-electron chi connectivity index (χ3n) is 10.4. The Bertz CT molecular complexity index is 1580. The molecule has 3 fully saturated rings. The van der Waals surface area contributed by atoms with E-state index >= 15 is 0 Å². The number of imidazole rings is 1. The zero-order valence-electron chi connectivity index (χ0n) is 24.2. The molecule has 3 aliphatic rings. The topological polar surface area (TPSA) is 41.4 Å². The molecule has 4 aromatic rings. The molecule has 1 amide bonds. The van der Waals surface area contributed by atoms with E-state index in [-0.39, 0.29) is 11.3 Å². The van der Waals surface area contributed by atoms with Gasteiger partial charge < -0.3 is 9.47 Å². The lowest BCUT2D eigenvalue weighted by Gasteiger charge is -2.45. The lowest BCUT2D eigenvalue weighted by molar-refractivity contribution is 0.0607. The minimum absolute atomic E-state index is 0.0217. The maximum absolute atomic E-state index is 13.4. The van der Waals surface area contributed by atoms with Crippen molar-refractivity contribution in [2.45, 2.75) is 75.4 Å². The van der Waals surface area contributed by atoms with Crippen molar-refractivity contribution in [3.63, 3.8) is 0 Å². The Balaban J connectivity index is 1.07. The number of likely N-dealkylation sites (tertiary alicyclic amines) is 1. The fraction of sp³-hybridized carbons (Fsp3) is 0.429. The molecule has 0 spiro atoms. The van der Waals surface area contributed by atoms with Gasteiger partial charge in [-0.1, -0.05) is 71.7 Å². The SMILES string of the molecule is Cc1nc2ccccc2n1[C@H]1C[C@H]2CC[C@@H](C1)N2CCC1(c2ccccc2)CCN(C(=O)c2cccc(Cl)c2Cl)CC1. The van der Waals surface area contributed by atoms with Gasteiger partial charge >= 0.3 is 0 Å². The van der Waals surface area contributed by atoms with Gasteiger partial charge in [0.15, 0.2) is 0 Å². The smallest absolute Gasteiger partial charge is 0.255 e. The fourth-order valence-corrected chi connectivity index (χ4v) is 8.62. The van der Waals surface area contributed by atoms with Gasteiger partial charge in [0.2, 0.25) is 0 Å². The van der Waals surface area contributed by atoms with Crippen LogP contribution in [-0.4, -0.2) is 57.0 Å². The van der Waals surface area contributed by atoms with Crippen molar-refractivity contribution in [3.8, 4) is 0 Å². The number of piperidine rings is 2. The molecule has 0 aliphatic carbocycles. The first kappa shape index (κ1) is 27.9. The Morgan fingerprint density at radius 3 is 2.31 bits per heavy atom. The number of rotatable bonds is 6. The standard InChI is InChI=1S/C35H38Cl2N4O/c1-24-38-31-12-5-6-13-32(31)41(24)28-22-26-14-15-27(23-28)40(26)21-18-35(25-8-3-2-4-9-25)16-19-39(20-17-35)34(42)29-10-7-11-30(36)33(29)37/h2-13,26-28H,14-23H2,1H3/t26-,27+,28+. The number of hydrogen-bond donors (Lipinski definition) is 0. The van der Waals surface area contributed by atoms with E-state index in [1.165, 1.54) is 36.8 Å². The van der Waals surface area contributed by atoms with Gasteiger partial charge in [0, 0.05) is 31.2 Å². The van der Waals surface area contributed by atoms with Gasteiger partial charge in [0.25, 0.3) is 5.91 Å². The van der Waals surface area contributed by atoms with Crippen LogP contribution in [0.2, 0.25) is 10.0 Å². The predicted molar refractivity (Wildman–Crippen MR) is 171 cm³/mol. The first-order valence-corrected chi connectivity index (χ1v) is 16.2. The molecule has 5 nitrogen and oxygen atoms in total. The van der Waals surface area contributed by atoms with E-state index in [1.54, 1.807) is 18.2 Å². The average molecular weight is 602 g/mol. The number of carbonyl (C=O) groups excluding carboxylic acids is 1. The summed E-state index contributed by atoms with van der Waals surface area (Å²) in [6.07, 6.45) is 7.97. The first-order chi connectivity index (χ1) is 20.4. The highest BCUT2D eigenvalue weighted by atomic mass is 35.5. The van der Waals surface area contributed by atoms with Gasteiger partial charge in [-0.2, -0.15) is 0 Å². The third-order valence-corrected chi connectivity index (χ3v) is 11.2. The molecule has 42 heavy (non-hydrogen) atoms. The molecule has 4 heterocycles. The van der Waals surface area contributed by atoms with E-state index in [0.717, 1.165) is 50.2 Å². The van der Waals surface area contributed by atoms with Crippen LogP contribution in [0.15, 0.2) is 72.8 Å². The maximum atomic E-state index is 13.4. The summed E-state index contributed by atoms with van der Waals surface area (Å²) < 4.78 is 2.52. The molecule has 7 rings (SSSR count). The van der Waals surface area contributed by atoms with Crippen molar-refractivity contribution < 1.29 is 4.79 Å². The lowest BCUT2D eigenvalue weighted by Crippen LogP contribution is -2.49. The van der Waals surface area contributed by atoms with Gasteiger partial charge in [-0.25, -0.2) is 4.98 Å². The van der Waals surface area contributed by atoms with E-state index in [0.29, 0.717) is 33.7 Å². The fourth-order valence-electron chi connectivity index (χ4n) is 8.24. The summed E-state index contributed by atoms with van der Waals surface area (Å²) in [5.74, 6) is 1.11. The van der Waals surface area contributed by atoms with Crippen LogP contribution >= 0.6 is 23.2 Å². The Hall–Kier alpha value is -2.86. The van der Waals surface area contributed by atoms with Gasteiger partial charge in [0.05, 0.1) is 26.6 Å². The monoisotopic (exact) mass is 600 g/mol. The second kappa shape index (κ2) is 11.3. The summed E-state index contributed by atoms with van der Waals surface area (Å²) in [6.45, 7) is 4.71. The average Bonchev–Trinajstić information content (AvgIpc) is 3.48. The van der Waals surface area contributed by atoms with Crippen LogP contribution in [0, 0.1) is 6.92 Å². The van der Waals surface area contributed by atoms with Crippen molar-refractivity contribution in [1.82, 2.24) is 19.4 Å². The van der Waals surface area contributed by atoms with E-state index < -0.39 is 0 Å². The van der Waals surface area contributed by atoms with Crippen LogP contribution in [0.3, 0.4) is 0 Å². The Labute approximate surface area is 258 Å². The number of para-hydroxylation sites is 2. The first-order valence-electron chi connectivity index (χ1n) is 15.4. The number of nitrogens with zero attached hydrogens (tertiary/aromatic N) is 4. The van der Waals surface area contributed by atoms with Crippen molar-refractivity contribution in [3.05, 3.63) is 99.8 Å². The van der Waals surface area contributed by atoms with E-state index in [9.17, 15) is 4.79 Å². The van der Waals surface area contributed by atoms with Crippen molar-refractivity contribution in [2.75, 3.05) is 19.6 Å². The molecule has 3 saturated heterocycles. The number of fused-ring (bicyclic) bond motifs is 3. The van der Waals surface area contributed by atoms with Crippen molar-refractivity contribution >= 4 is 40.1 Å². The number of aromatic nitrogens is 2. The van der Waals surface area contributed by atoms with Gasteiger partial charge in [-0.3, -0.25) is 9.69 Å². The molecule has 3 atom stereocenters. The summed E-state index contributed by atoms with van der Waals surface area (Å²) >= 11 is 12.6. The van der Waals surface area contributed by atoms with Crippen molar-refractivity contribution in [1.29, 1.82) is 0 Å². The summed E-state index contributed by atoms with van der Waals surface area (Å²) in [5.41, 5.74) is 4.34. The summed E-state index contributed by atoms with van der Waals surface area (Å²) in [4.78, 5) is 23.1. The Morgan fingerprint density at radius 1 is 0.881 bits per heavy atom. The third kappa shape index (κ3) is 4.94. The highest BCUT2D eigenvalue weighted by molar-refractivity contribution is 6.43. The van der Waals surface area contributed by atoms with Gasteiger partial charge in [0.1, 0.15) is 5.82 Å². The van der Waals surface area contributed by atoms with E-state index in [4.69, 9.17) is 28.2 Å². The number of aryl methyl sites for hydroxylation is 1. The molecule has 0 saturated carbocycles. The molecular formula is C35H38Cl2N4O. The predicted octanol–water partition coefficient (Wildman–Crippen LogP) is 8.08. The van der Waals surface area contributed by atoms with Crippen molar-refractivity contribution in [2.24, 2.45) is 0 Å². The number of halogens is 2. The Morgan fingerprint density at radius 2 is 1.57 bits per heavy atom. The highest BCUT2D eigenvalue weighted by Crippen LogP contribution is 2.45. The second-order valence-corrected chi connectivity index (χ2v) is 13.3. The van der Waals surface area contributed by atoms with Crippen LogP contribution in [0.4, 0.5) is 0 Å². The number of hydrogen-bond acceptors (Lipinski definition) is 3. The van der Waals surface area contributed by atoms with Crippen LogP contribution < -0.4 is 0 Å². The summed E-state index contributed by atoms with van der Waals surface area (Å²) in [7, 11) is 0. The molecule has 0 unspecified atom stereocenters. The van der Waals surface area contributed by atoms with E-state index in [2.05, 4.69) is 71.0 Å². The lowest BCUT2D eigenvalue weighted by atomic mass is 9.70. The van der Waals surface area contributed by atoms with Crippen LogP contribution in [0.1, 0.15) is 72.7 Å². The molecule has 0 N–H and O–H groups in total. The molecule has 7 heteroatoms. The minimum atomic E-state index is -0.0217. The molecule has 3 aliphatic heterocycles. The highest BCUT2D eigenvalue weighted by Gasteiger charge is 2.44. The van der Waals surface area contributed by atoms with Crippen LogP contribution in [0.5, 0.6) is 0 Å². The molecule has 218 valence electrons. The van der Waals surface area contributed by atoms with Gasteiger partial charge in [-0.05, 0) is 93.7 Å². The number of amides is 1. The summed E-state index contributed by atoms with van der Waals surface area (Å²) in [5, 5.41) is 0.773. The Kier molecular flexibility index (Phi) is 7.54. The van der Waals surface area contributed by atoms with Crippen LogP contribution in [0.25, 0.3) is 11.0 Å². The quantitative estimate of drug-likeness (QED) is 0.224. The normalized spacial score (nSPS) is 23.9. The van der Waals surface area contributed by atoms with Gasteiger partial charge in [-0.15, -0.1) is 0 Å². The zero-order chi connectivity index (χ0) is 28.8. The zero-order valence-corrected chi connectivity index (χ0v) is 25.7. The molecule has 2 bridgehead atoms. The second-order valence-electron chi connectivity index (χ2n) is 12.6. The maximum Gasteiger partial charge on any atom is 0.255 e. The molecule has 3 aromatic carbocycles. The molecule has 0 radical (unpaired) electrons. The molecule has 1 aromatic heterocycles.